The second-order valence-corrected chi connectivity index (χ2v) is 1.65. The van der Waals surface area contributed by atoms with E-state index < -0.39 is 24.8 Å². The summed E-state index contributed by atoms with van der Waals surface area (Å²) in [5.74, 6) is -1.57. The molecule has 6 nitrogen and oxygen atoms in total. The van der Waals surface area contributed by atoms with Crippen LogP contribution < -0.4 is 0 Å². The Morgan fingerprint density at radius 3 is 2.30 bits per heavy atom. The number of aliphatic hydroxyl groups excluding tert-OH is 2. The van der Waals surface area contributed by atoms with Crippen molar-refractivity contribution >= 4 is 5.97 Å². The van der Waals surface area contributed by atoms with Gasteiger partial charge in [-0.25, -0.2) is 9.68 Å². The molecular formula is C4H8O6. The topological polar surface area (TPSA) is 107 Å². The average molecular weight is 152 g/mol. The number of carboxylic acid groups (broad SMARTS) is 1. The van der Waals surface area contributed by atoms with Gasteiger partial charge in [-0.1, -0.05) is 0 Å². The molecule has 0 radical (unpaired) electrons. The van der Waals surface area contributed by atoms with Crippen molar-refractivity contribution in [3.8, 4) is 0 Å². The van der Waals surface area contributed by atoms with E-state index in [1.165, 1.54) is 0 Å². The maximum absolute atomic E-state index is 9.87. The molecule has 0 fully saturated rings. The van der Waals surface area contributed by atoms with E-state index in [1.807, 2.05) is 0 Å². The predicted molar refractivity (Wildman–Crippen MR) is 28.2 cm³/mol. The fourth-order valence-corrected chi connectivity index (χ4v) is 0.332. The van der Waals surface area contributed by atoms with Gasteiger partial charge in [-0.3, -0.25) is 5.26 Å². The van der Waals surface area contributed by atoms with Crippen LogP contribution in [0.5, 0.6) is 0 Å². The van der Waals surface area contributed by atoms with Crippen molar-refractivity contribution in [3.05, 3.63) is 0 Å². The summed E-state index contributed by atoms with van der Waals surface area (Å²) < 4.78 is 0. The monoisotopic (exact) mass is 152 g/mol. The van der Waals surface area contributed by atoms with Gasteiger partial charge < -0.3 is 15.3 Å². The largest absolute Gasteiger partial charge is 0.479 e. The van der Waals surface area contributed by atoms with E-state index in [0.717, 1.165) is 0 Å². The molecule has 2 atom stereocenters. The Kier molecular flexibility index (Phi) is 3.89. The lowest BCUT2D eigenvalue weighted by atomic mass is 10.2. The van der Waals surface area contributed by atoms with Crippen LogP contribution in [-0.4, -0.2) is 45.4 Å². The fourth-order valence-electron chi connectivity index (χ4n) is 0.332. The van der Waals surface area contributed by atoms with Crippen molar-refractivity contribution in [2.45, 2.75) is 12.2 Å². The second kappa shape index (κ2) is 4.18. The molecule has 2 unspecified atom stereocenters. The van der Waals surface area contributed by atoms with E-state index in [2.05, 4.69) is 4.89 Å². The highest BCUT2D eigenvalue weighted by molar-refractivity contribution is 5.72. The summed E-state index contributed by atoms with van der Waals surface area (Å²) in [7, 11) is 0. The molecule has 0 aromatic rings. The third kappa shape index (κ3) is 2.74. The van der Waals surface area contributed by atoms with E-state index in [-0.39, 0.29) is 0 Å². The summed E-state index contributed by atoms with van der Waals surface area (Å²) in [4.78, 5) is 13.3. The molecule has 0 aliphatic heterocycles. The van der Waals surface area contributed by atoms with Gasteiger partial charge in [-0.15, -0.1) is 0 Å². The Hall–Kier alpha value is -0.690. The van der Waals surface area contributed by atoms with Crippen molar-refractivity contribution < 1.29 is 30.3 Å². The van der Waals surface area contributed by atoms with Crippen LogP contribution in [0.2, 0.25) is 0 Å². The van der Waals surface area contributed by atoms with Crippen LogP contribution >= 0.6 is 0 Å². The molecule has 6 heteroatoms. The first-order chi connectivity index (χ1) is 4.59. The second-order valence-electron chi connectivity index (χ2n) is 1.65. The first-order valence-electron chi connectivity index (χ1n) is 2.45. The van der Waals surface area contributed by atoms with Crippen LogP contribution in [0.25, 0.3) is 0 Å². The third-order valence-corrected chi connectivity index (χ3v) is 0.863. The Morgan fingerprint density at radius 1 is 1.50 bits per heavy atom. The van der Waals surface area contributed by atoms with E-state index in [0.29, 0.717) is 0 Å². The van der Waals surface area contributed by atoms with E-state index in [1.54, 1.807) is 0 Å². The van der Waals surface area contributed by atoms with Crippen molar-refractivity contribution in [1.82, 2.24) is 0 Å². The molecule has 0 rings (SSSR count). The van der Waals surface area contributed by atoms with E-state index in [9.17, 15) is 4.79 Å². The van der Waals surface area contributed by atoms with Gasteiger partial charge in [0.2, 0.25) is 0 Å². The lowest BCUT2D eigenvalue weighted by Gasteiger charge is -2.10. The minimum absolute atomic E-state index is 0.631. The Labute approximate surface area is 56.2 Å². The molecule has 0 amide bonds. The smallest absolute Gasteiger partial charge is 0.335 e. The highest BCUT2D eigenvalue weighted by atomic mass is 17.1. The van der Waals surface area contributed by atoms with Crippen LogP contribution in [0.15, 0.2) is 0 Å². The quantitative estimate of drug-likeness (QED) is 0.282. The van der Waals surface area contributed by atoms with Gasteiger partial charge in [0.25, 0.3) is 0 Å². The number of carbonyl (C=O) groups is 1. The maximum atomic E-state index is 9.87. The summed E-state index contributed by atoms with van der Waals surface area (Å²) in [6.45, 7) is -0.631. The molecule has 0 aliphatic carbocycles. The van der Waals surface area contributed by atoms with Gasteiger partial charge in [0.15, 0.2) is 6.10 Å². The molecule has 0 bridgehead atoms. The molecule has 0 saturated heterocycles. The first kappa shape index (κ1) is 9.31. The molecule has 0 aromatic carbocycles. The normalized spacial score (nSPS) is 16.3. The number of hydrogen-bond acceptors (Lipinski definition) is 5. The van der Waals surface area contributed by atoms with Crippen LogP contribution in [0.3, 0.4) is 0 Å². The van der Waals surface area contributed by atoms with Gasteiger partial charge in [-0.2, -0.15) is 0 Å². The average Bonchev–Trinajstić information content (AvgIpc) is 1.87. The number of carboxylic acids is 1. The predicted octanol–water partition coefficient (Wildman–Crippen LogP) is -1.72. The fraction of sp³-hybridized carbons (Fsp3) is 0.750. The molecule has 0 heterocycles. The molecular weight excluding hydrogens is 144 g/mol. The summed E-state index contributed by atoms with van der Waals surface area (Å²) in [6.07, 6.45) is -3.53. The van der Waals surface area contributed by atoms with Crippen molar-refractivity contribution in [2.75, 3.05) is 6.61 Å². The zero-order valence-electron chi connectivity index (χ0n) is 4.97. The first-order valence-corrected chi connectivity index (χ1v) is 2.45. The van der Waals surface area contributed by atoms with Gasteiger partial charge >= 0.3 is 5.97 Å². The van der Waals surface area contributed by atoms with Crippen molar-refractivity contribution in [3.63, 3.8) is 0 Å². The molecule has 0 spiro atoms. The SMILES string of the molecule is O=C(O)C(O)C(O)COO. The molecule has 60 valence electrons. The van der Waals surface area contributed by atoms with E-state index >= 15 is 0 Å². The minimum atomic E-state index is -1.92. The molecule has 10 heavy (non-hydrogen) atoms. The zero-order valence-corrected chi connectivity index (χ0v) is 4.97. The van der Waals surface area contributed by atoms with E-state index in [4.69, 9.17) is 20.6 Å². The van der Waals surface area contributed by atoms with Crippen LogP contribution in [-0.2, 0) is 9.68 Å². The highest BCUT2D eigenvalue weighted by Gasteiger charge is 2.23. The van der Waals surface area contributed by atoms with Crippen molar-refractivity contribution in [2.24, 2.45) is 0 Å². The third-order valence-electron chi connectivity index (χ3n) is 0.863. The molecule has 0 aromatic heterocycles. The minimum Gasteiger partial charge on any atom is -0.479 e. The summed E-state index contributed by atoms with van der Waals surface area (Å²) >= 11 is 0. The Balaban J connectivity index is 3.69. The summed E-state index contributed by atoms with van der Waals surface area (Å²) in [6, 6.07) is 0. The summed E-state index contributed by atoms with van der Waals surface area (Å²) in [5, 5.41) is 32.8. The molecule has 0 saturated carbocycles. The summed E-state index contributed by atoms with van der Waals surface area (Å²) in [5.41, 5.74) is 0. The van der Waals surface area contributed by atoms with Crippen LogP contribution in [0, 0.1) is 0 Å². The van der Waals surface area contributed by atoms with Crippen LogP contribution in [0.4, 0.5) is 0 Å². The van der Waals surface area contributed by atoms with Crippen molar-refractivity contribution in [1.29, 1.82) is 0 Å². The number of aliphatic hydroxyl groups is 2. The van der Waals surface area contributed by atoms with Gasteiger partial charge in [0, 0.05) is 0 Å². The number of aliphatic carboxylic acids is 1. The number of hydrogen-bond donors (Lipinski definition) is 4. The van der Waals surface area contributed by atoms with Crippen LogP contribution in [0.1, 0.15) is 0 Å². The van der Waals surface area contributed by atoms with Gasteiger partial charge in [-0.05, 0) is 0 Å². The zero-order chi connectivity index (χ0) is 8.15. The van der Waals surface area contributed by atoms with Gasteiger partial charge in [0.05, 0.1) is 0 Å². The molecule has 0 aliphatic rings. The highest BCUT2D eigenvalue weighted by Crippen LogP contribution is 1.92. The lowest BCUT2D eigenvalue weighted by molar-refractivity contribution is -0.262. The lowest BCUT2D eigenvalue weighted by Crippen LogP contribution is -2.36. The van der Waals surface area contributed by atoms with Gasteiger partial charge in [0.1, 0.15) is 12.7 Å². The Bertz CT molecular complexity index is 112. The number of rotatable bonds is 4. The maximum Gasteiger partial charge on any atom is 0.335 e. The Morgan fingerprint density at radius 2 is 2.00 bits per heavy atom. The molecule has 4 N–H and O–H groups in total. The standard InChI is InChI=1S/C4H8O6/c5-2(1-10-9)3(6)4(7)8/h2-3,5-6,9H,1H2,(H,7,8).